The Bertz CT molecular complexity index is 2120. The van der Waals surface area contributed by atoms with Gasteiger partial charge in [-0.15, -0.1) is 0 Å². The van der Waals surface area contributed by atoms with Crippen molar-refractivity contribution in [1.29, 1.82) is 0 Å². The number of Topliss-reactive ketones (excluding diaryl/α,β-unsaturated/α-hetero) is 1. The minimum atomic E-state index is -0.201. The van der Waals surface area contributed by atoms with E-state index in [1.165, 1.54) is 33.0 Å². The minimum Gasteiger partial charge on any atom is -0.493 e. The highest BCUT2D eigenvalue weighted by Gasteiger charge is 2.15. The molecule has 7 nitrogen and oxygen atoms in total. The van der Waals surface area contributed by atoms with Crippen LogP contribution in [-0.4, -0.2) is 50.9 Å². The number of benzene rings is 3. The molecular formula is C53H74N4O3. The number of carbonyl (C=O) groups excluding carboxylic acids is 1. The fourth-order valence-corrected chi connectivity index (χ4v) is 6.65. The molecule has 3 heterocycles. The number of hydrogen-bond donors (Lipinski definition) is 1. The number of H-pyrrole nitrogens is 1. The van der Waals surface area contributed by atoms with Gasteiger partial charge in [0.1, 0.15) is 17.1 Å². The van der Waals surface area contributed by atoms with Gasteiger partial charge in [0.05, 0.1) is 12.4 Å². The molecule has 0 saturated heterocycles. The van der Waals surface area contributed by atoms with Crippen LogP contribution in [0.25, 0.3) is 43.9 Å². The number of ether oxygens (including phenoxy) is 2. The lowest BCUT2D eigenvalue weighted by Gasteiger charge is -2.22. The van der Waals surface area contributed by atoms with Gasteiger partial charge in [0.25, 0.3) is 0 Å². The summed E-state index contributed by atoms with van der Waals surface area (Å²) in [6.07, 6.45) is 13.9. The van der Waals surface area contributed by atoms with E-state index < -0.39 is 0 Å². The molecule has 0 spiro atoms. The number of pyridine rings is 2. The predicted molar refractivity (Wildman–Crippen MR) is 258 cm³/mol. The molecule has 0 aliphatic heterocycles. The fraction of sp³-hybridized carbons (Fsp3) is 0.415. The third kappa shape index (κ3) is 16.4. The number of allylic oxidation sites excluding steroid dienone is 1. The van der Waals surface area contributed by atoms with Gasteiger partial charge in [0, 0.05) is 84.2 Å². The van der Waals surface area contributed by atoms with Crippen LogP contribution in [0.2, 0.25) is 0 Å². The second-order valence-corrected chi connectivity index (χ2v) is 14.9. The van der Waals surface area contributed by atoms with Crippen molar-refractivity contribution >= 4 is 27.5 Å². The number of aromatic nitrogens is 3. The molecule has 0 amide bonds. The van der Waals surface area contributed by atoms with Gasteiger partial charge in [-0.3, -0.25) is 14.9 Å². The number of carbonyl (C=O) groups is 1. The summed E-state index contributed by atoms with van der Waals surface area (Å²) < 4.78 is 12.0. The van der Waals surface area contributed by atoms with Crippen molar-refractivity contribution in [2.45, 2.75) is 127 Å². The van der Waals surface area contributed by atoms with Gasteiger partial charge in [0.2, 0.25) is 0 Å². The van der Waals surface area contributed by atoms with E-state index in [0.29, 0.717) is 25.2 Å². The molecule has 0 atom stereocenters. The molecule has 0 radical (unpaired) electrons. The topological polar surface area (TPSA) is 80.3 Å². The molecule has 6 aromatic rings. The third-order valence-electron chi connectivity index (χ3n) is 9.11. The first kappa shape index (κ1) is 50.9. The maximum atomic E-state index is 10.6. The average Bonchev–Trinajstić information content (AvgIpc) is 3.69. The summed E-state index contributed by atoms with van der Waals surface area (Å²) in [6, 6.07) is 26.0. The maximum absolute atomic E-state index is 10.6. The molecule has 3 aromatic heterocycles. The van der Waals surface area contributed by atoms with E-state index in [4.69, 9.17) is 9.47 Å². The standard InChI is InChI=1S/C37H38N4O.C10H18O2.3C2H6/c1-3-19-41(20-4-2)26-28-10-13-32(34-25-40-36-15-18-39-24-35(34)36)37(22-28)42-21-16-27-8-11-30(12-9-27)31-7-5-6-29-14-17-38-23-33(29)31;1-8(11)6-7-9(2)12-10(3,4)5;3*1-2/h5-15,17-18,22-25,40H,3-4,16,19-21,26H2,1-2H3;2,6-7H2,1,3-5H3;3*1-2H3. The molecule has 324 valence electrons. The minimum absolute atomic E-state index is 0.175. The van der Waals surface area contributed by atoms with Crippen LogP contribution < -0.4 is 4.74 Å². The molecule has 60 heavy (non-hydrogen) atoms. The van der Waals surface area contributed by atoms with Crippen LogP contribution in [0.5, 0.6) is 5.75 Å². The number of rotatable bonds is 16. The Morgan fingerprint density at radius 3 is 2.02 bits per heavy atom. The Balaban J connectivity index is 0.000000588. The van der Waals surface area contributed by atoms with Gasteiger partial charge in [-0.05, 0) is 99.5 Å². The first-order valence-corrected chi connectivity index (χ1v) is 22.2. The van der Waals surface area contributed by atoms with E-state index in [-0.39, 0.29) is 11.4 Å². The molecule has 0 unspecified atom stereocenters. The second-order valence-electron chi connectivity index (χ2n) is 14.9. The summed E-state index contributed by atoms with van der Waals surface area (Å²) in [6.45, 7) is 31.4. The van der Waals surface area contributed by atoms with E-state index >= 15 is 0 Å². The Morgan fingerprint density at radius 2 is 1.38 bits per heavy atom. The van der Waals surface area contributed by atoms with Crippen molar-refractivity contribution in [3.05, 3.63) is 127 Å². The third-order valence-corrected chi connectivity index (χ3v) is 9.11. The summed E-state index contributed by atoms with van der Waals surface area (Å²) in [5, 5.41) is 3.48. The quantitative estimate of drug-likeness (QED) is 0.0980. The van der Waals surface area contributed by atoms with E-state index in [1.807, 2.05) is 93.2 Å². The van der Waals surface area contributed by atoms with E-state index in [1.54, 1.807) is 6.92 Å². The fourth-order valence-electron chi connectivity index (χ4n) is 6.65. The number of nitrogens with zero attached hydrogens (tertiary/aromatic N) is 3. The molecule has 0 saturated carbocycles. The van der Waals surface area contributed by atoms with Gasteiger partial charge in [-0.1, -0.05) is 117 Å². The summed E-state index contributed by atoms with van der Waals surface area (Å²) in [5.74, 6) is 1.79. The molecule has 0 aliphatic rings. The number of ketones is 1. The van der Waals surface area contributed by atoms with Crippen molar-refractivity contribution in [2.24, 2.45) is 0 Å². The highest BCUT2D eigenvalue weighted by Crippen LogP contribution is 2.36. The van der Waals surface area contributed by atoms with Crippen molar-refractivity contribution in [2.75, 3.05) is 19.7 Å². The highest BCUT2D eigenvalue weighted by molar-refractivity contribution is 5.97. The van der Waals surface area contributed by atoms with Gasteiger partial charge >= 0.3 is 0 Å². The van der Waals surface area contributed by atoms with Crippen LogP contribution in [0.15, 0.2) is 116 Å². The van der Waals surface area contributed by atoms with Crippen molar-refractivity contribution in [1.82, 2.24) is 19.9 Å². The molecule has 0 aliphatic carbocycles. The van der Waals surface area contributed by atoms with E-state index in [2.05, 4.69) is 113 Å². The van der Waals surface area contributed by atoms with Crippen molar-refractivity contribution < 1.29 is 14.3 Å². The molecule has 7 heteroatoms. The van der Waals surface area contributed by atoms with E-state index in [9.17, 15) is 4.79 Å². The lowest BCUT2D eigenvalue weighted by atomic mass is 9.98. The van der Waals surface area contributed by atoms with Gasteiger partial charge < -0.3 is 19.3 Å². The summed E-state index contributed by atoms with van der Waals surface area (Å²) in [4.78, 5) is 25.3. The molecule has 6 rings (SSSR count). The Hall–Kier alpha value is -5.27. The Kier molecular flexibility index (Phi) is 23.3. The molecule has 0 fully saturated rings. The molecular weight excluding hydrogens is 741 g/mol. The second kappa shape index (κ2) is 27.5. The predicted octanol–water partition coefficient (Wildman–Crippen LogP) is 14.5. The molecule has 0 bridgehead atoms. The van der Waals surface area contributed by atoms with Crippen LogP contribution in [0.1, 0.15) is 120 Å². The zero-order valence-corrected chi connectivity index (χ0v) is 39.0. The normalized spacial score (nSPS) is 10.6. The maximum Gasteiger partial charge on any atom is 0.130 e. The Morgan fingerprint density at radius 1 is 0.750 bits per heavy atom. The lowest BCUT2D eigenvalue weighted by molar-refractivity contribution is -0.117. The first-order chi connectivity index (χ1) is 29.0. The van der Waals surface area contributed by atoms with Gasteiger partial charge in [0.15, 0.2) is 0 Å². The van der Waals surface area contributed by atoms with Crippen molar-refractivity contribution in [3.8, 4) is 28.0 Å². The zero-order valence-electron chi connectivity index (χ0n) is 39.0. The summed E-state index contributed by atoms with van der Waals surface area (Å²) in [5.41, 5.74) is 8.03. The van der Waals surface area contributed by atoms with Gasteiger partial charge in [-0.2, -0.15) is 0 Å². The van der Waals surface area contributed by atoms with Crippen LogP contribution in [0.4, 0.5) is 0 Å². The van der Waals surface area contributed by atoms with Crippen LogP contribution >= 0.6 is 0 Å². The number of hydrogen-bond acceptors (Lipinski definition) is 6. The van der Waals surface area contributed by atoms with Crippen LogP contribution in [0, 0.1) is 0 Å². The average molecular weight is 815 g/mol. The summed E-state index contributed by atoms with van der Waals surface area (Å²) in [7, 11) is 0. The number of nitrogens with one attached hydrogen (secondary N) is 1. The first-order valence-electron chi connectivity index (χ1n) is 22.2. The number of aromatic amines is 1. The lowest BCUT2D eigenvalue weighted by Crippen LogP contribution is -2.24. The SMILES string of the molecule is C=C(CCC(C)=O)OC(C)(C)C.CC.CC.CC.CCCN(CCC)Cc1ccc(-c2c[nH]c3ccncc23)c(OCCc2ccc(-c3cccc4ccncc34)cc2)c1. The Labute approximate surface area is 362 Å². The van der Waals surface area contributed by atoms with Gasteiger partial charge in [-0.25, -0.2) is 0 Å². The largest absolute Gasteiger partial charge is 0.493 e. The highest BCUT2D eigenvalue weighted by atomic mass is 16.5. The summed E-state index contributed by atoms with van der Waals surface area (Å²) >= 11 is 0. The van der Waals surface area contributed by atoms with E-state index in [0.717, 1.165) is 66.7 Å². The van der Waals surface area contributed by atoms with Crippen molar-refractivity contribution in [3.63, 3.8) is 0 Å². The molecule has 1 N–H and O–H groups in total. The molecule has 3 aromatic carbocycles. The zero-order chi connectivity index (χ0) is 44.5. The van der Waals surface area contributed by atoms with Crippen LogP contribution in [-0.2, 0) is 22.5 Å². The smallest absolute Gasteiger partial charge is 0.130 e. The number of fused-ring (bicyclic) bond motifs is 2. The monoisotopic (exact) mass is 815 g/mol. The van der Waals surface area contributed by atoms with Crippen LogP contribution in [0.3, 0.4) is 0 Å².